The maximum Gasteiger partial charge on any atom is 0.346 e. The van der Waals surface area contributed by atoms with Crippen LogP contribution in [0.25, 0.3) is 0 Å². The number of unbranched alkanes of at least 4 members (excludes halogenated alkanes) is 1. The molecule has 1 heterocycles. The van der Waals surface area contributed by atoms with Crippen molar-refractivity contribution in [2.75, 3.05) is 33.4 Å². The molecule has 0 fully saturated rings. The summed E-state index contributed by atoms with van der Waals surface area (Å²) in [6.07, 6.45) is 3.73. The van der Waals surface area contributed by atoms with Gasteiger partial charge in [0.25, 0.3) is 0 Å². The fraction of sp³-hybridized carbons (Fsp3) is 0.474. The van der Waals surface area contributed by atoms with Crippen molar-refractivity contribution in [2.24, 2.45) is 0 Å². The number of hydrogen-bond donors (Lipinski definition) is 0. The summed E-state index contributed by atoms with van der Waals surface area (Å²) in [4.78, 5) is 30.2. The molecule has 1 unspecified atom stereocenters. The van der Waals surface area contributed by atoms with Gasteiger partial charge in [0.15, 0.2) is 11.0 Å². The maximum atomic E-state index is 12.4. The molecule has 2 amide bonds. The van der Waals surface area contributed by atoms with Gasteiger partial charge in [-0.2, -0.15) is 4.68 Å². The number of carbonyl (C=O) groups excluding carboxylic acids is 2. The molecule has 1 aromatic heterocycles. The lowest BCUT2D eigenvalue weighted by atomic mass is 10.2. The second-order valence-electron chi connectivity index (χ2n) is 6.78. The summed E-state index contributed by atoms with van der Waals surface area (Å²) in [6.45, 7) is 2.70. The molecule has 1 atom stereocenters. The van der Waals surface area contributed by atoms with E-state index in [1.54, 1.807) is 14.1 Å². The molecule has 0 bridgehead atoms. The molecule has 1 aromatic carbocycles. The van der Waals surface area contributed by atoms with Gasteiger partial charge in [-0.15, -0.1) is 5.10 Å². The van der Waals surface area contributed by atoms with Gasteiger partial charge in [-0.25, -0.2) is 19.1 Å². The predicted octanol–water partition coefficient (Wildman–Crippen LogP) is 3.04. The summed E-state index contributed by atoms with van der Waals surface area (Å²) < 4.78 is 1.54. The van der Waals surface area contributed by atoms with Gasteiger partial charge in [0.1, 0.15) is 5.69 Å². The van der Waals surface area contributed by atoms with Crippen LogP contribution in [0.4, 0.5) is 10.5 Å². The minimum absolute atomic E-state index is 0.173. The first-order valence-corrected chi connectivity index (χ1v) is 10.1. The highest BCUT2D eigenvalue weighted by Crippen LogP contribution is 2.22. The predicted molar refractivity (Wildman–Crippen MR) is 109 cm³/mol. The van der Waals surface area contributed by atoms with E-state index in [-0.39, 0.29) is 10.5 Å². The van der Waals surface area contributed by atoms with Gasteiger partial charge >= 0.3 is 12.4 Å². The molecule has 2 aromatic rings. The second-order valence-corrected chi connectivity index (χ2v) is 7.85. The number of aryl methyl sites for hydroxylation is 1. The lowest BCUT2D eigenvalue weighted by Crippen LogP contribution is -2.45. The first kappa shape index (κ1) is 21.1. The topological polar surface area (TPSA) is 68.1 Å². The van der Waals surface area contributed by atoms with Crippen molar-refractivity contribution in [3.63, 3.8) is 0 Å². The summed E-state index contributed by atoms with van der Waals surface area (Å²) in [7, 11) is 5.27. The highest BCUT2D eigenvalue weighted by Gasteiger charge is 2.25. The minimum atomic E-state index is -0.219. The standard InChI is InChI=1S/C19H28N5O2S/c1-5-6-12-17-20-18(23(21-17)19(26)22(2)3)27-14-13-24(4,15-25)16-10-8-7-9-11-16/h7-11,15H,5-6,12-14H2,1-4H3/q+1. The van der Waals surface area contributed by atoms with Crippen molar-refractivity contribution >= 4 is 29.9 Å². The molecule has 7 nitrogen and oxygen atoms in total. The number of benzene rings is 1. The van der Waals surface area contributed by atoms with E-state index in [4.69, 9.17) is 0 Å². The molecule has 0 aliphatic rings. The largest absolute Gasteiger partial charge is 0.346 e. The zero-order valence-corrected chi connectivity index (χ0v) is 17.3. The lowest BCUT2D eigenvalue weighted by molar-refractivity contribution is -0.116. The first-order valence-electron chi connectivity index (χ1n) is 9.09. The molecule has 0 aliphatic heterocycles. The van der Waals surface area contributed by atoms with Crippen LogP contribution in [0.1, 0.15) is 25.6 Å². The molecule has 0 spiro atoms. The molecule has 0 aliphatic carbocycles. The van der Waals surface area contributed by atoms with E-state index in [1.165, 1.54) is 21.3 Å². The molecule has 146 valence electrons. The maximum absolute atomic E-state index is 12.4. The molecule has 2 rings (SSSR count). The Morgan fingerprint density at radius 1 is 1.30 bits per heavy atom. The van der Waals surface area contributed by atoms with Gasteiger partial charge in [-0.05, 0) is 18.6 Å². The monoisotopic (exact) mass is 390 g/mol. The molecule has 0 radical (unpaired) electrons. The van der Waals surface area contributed by atoms with E-state index in [0.717, 1.165) is 31.4 Å². The minimum Gasteiger partial charge on any atom is -0.329 e. The van der Waals surface area contributed by atoms with Crippen molar-refractivity contribution in [3.8, 4) is 0 Å². The average molecular weight is 391 g/mol. The van der Waals surface area contributed by atoms with Crippen molar-refractivity contribution in [3.05, 3.63) is 36.2 Å². The Labute approximate surface area is 165 Å². The van der Waals surface area contributed by atoms with Crippen LogP contribution in [0.2, 0.25) is 0 Å². The Kier molecular flexibility index (Phi) is 7.55. The highest BCUT2D eigenvalue weighted by atomic mass is 32.2. The van der Waals surface area contributed by atoms with Gasteiger partial charge in [-0.3, -0.25) is 0 Å². The van der Waals surface area contributed by atoms with Crippen molar-refractivity contribution in [1.29, 1.82) is 0 Å². The van der Waals surface area contributed by atoms with E-state index in [0.29, 0.717) is 23.3 Å². The van der Waals surface area contributed by atoms with Crippen LogP contribution in [0.3, 0.4) is 0 Å². The van der Waals surface area contributed by atoms with E-state index < -0.39 is 0 Å². The van der Waals surface area contributed by atoms with E-state index in [9.17, 15) is 9.59 Å². The summed E-state index contributed by atoms with van der Waals surface area (Å²) in [5.74, 6) is 1.32. The first-order chi connectivity index (χ1) is 12.9. The van der Waals surface area contributed by atoms with Crippen molar-refractivity contribution in [1.82, 2.24) is 24.1 Å². The molecular formula is C19H28N5O2S+. The van der Waals surface area contributed by atoms with Crippen LogP contribution in [0.5, 0.6) is 0 Å². The van der Waals surface area contributed by atoms with E-state index >= 15 is 0 Å². The SMILES string of the molecule is CCCCc1nc(SCC[N+](C)(C=O)c2ccccc2)n(C(=O)N(C)C)n1. The van der Waals surface area contributed by atoms with Crippen LogP contribution in [0.15, 0.2) is 35.5 Å². The number of thioether (sulfide) groups is 1. The molecule has 8 heteroatoms. The molecule has 0 saturated heterocycles. The number of rotatable bonds is 9. The molecule has 27 heavy (non-hydrogen) atoms. The third-order valence-corrected chi connectivity index (χ3v) is 5.21. The second kappa shape index (κ2) is 9.66. The number of amides is 2. The number of carbonyl (C=O) groups is 2. The Morgan fingerprint density at radius 2 is 2.00 bits per heavy atom. The third kappa shape index (κ3) is 5.40. The Bertz CT molecular complexity index is 763. The Morgan fingerprint density at radius 3 is 2.59 bits per heavy atom. The fourth-order valence-corrected chi connectivity index (χ4v) is 3.59. The van der Waals surface area contributed by atoms with Crippen LogP contribution < -0.4 is 4.48 Å². The summed E-state index contributed by atoms with van der Waals surface area (Å²) in [5.41, 5.74) is 0.933. The smallest absolute Gasteiger partial charge is 0.329 e. The normalized spacial score (nSPS) is 13.2. The van der Waals surface area contributed by atoms with Crippen molar-refractivity contribution < 1.29 is 9.59 Å². The number of hydrogen-bond acceptors (Lipinski definition) is 5. The number of para-hydroxylation sites is 1. The van der Waals surface area contributed by atoms with Crippen LogP contribution in [-0.2, 0) is 11.2 Å². The van der Waals surface area contributed by atoms with E-state index in [1.807, 2.05) is 37.4 Å². The number of nitrogens with zero attached hydrogens (tertiary/aromatic N) is 5. The molecule has 0 saturated carbocycles. The zero-order valence-electron chi connectivity index (χ0n) is 16.5. The summed E-state index contributed by atoms with van der Waals surface area (Å²) in [5, 5.41) is 4.96. The van der Waals surface area contributed by atoms with Gasteiger partial charge in [0.05, 0.1) is 19.3 Å². The number of aromatic nitrogens is 3. The van der Waals surface area contributed by atoms with Gasteiger partial charge in [0.2, 0.25) is 0 Å². The lowest BCUT2D eigenvalue weighted by Gasteiger charge is -2.26. The molecular weight excluding hydrogens is 362 g/mol. The average Bonchev–Trinajstić information content (AvgIpc) is 3.09. The van der Waals surface area contributed by atoms with Crippen LogP contribution >= 0.6 is 11.8 Å². The zero-order chi connectivity index (χ0) is 19.9. The Hall–Kier alpha value is -2.19. The van der Waals surface area contributed by atoms with E-state index in [2.05, 4.69) is 17.0 Å². The summed E-state index contributed by atoms with van der Waals surface area (Å²) in [6, 6.07) is 9.45. The number of quaternary nitrogens is 1. The fourth-order valence-electron chi connectivity index (χ4n) is 2.52. The quantitative estimate of drug-likeness (QED) is 0.374. The van der Waals surface area contributed by atoms with Crippen molar-refractivity contribution in [2.45, 2.75) is 31.3 Å². The van der Waals surface area contributed by atoms with Gasteiger partial charge in [-0.1, -0.05) is 43.3 Å². The summed E-state index contributed by atoms with van der Waals surface area (Å²) >= 11 is 1.45. The Balaban J connectivity index is 2.12. The molecule has 0 N–H and O–H groups in total. The van der Waals surface area contributed by atoms with Gasteiger partial charge in [0, 0.05) is 20.5 Å². The van der Waals surface area contributed by atoms with Crippen LogP contribution in [-0.4, -0.2) is 65.5 Å². The highest BCUT2D eigenvalue weighted by molar-refractivity contribution is 7.99. The van der Waals surface area contributed by atoms with Gasteiger partial charge < -0.3 is 4.90 Å². The third-order valence-electron chi connectivity index (χ3n) is 4.30. The van der Waals surface area contributed by atoms with Crippen LogP contribution in [0, 0.1) is 0 Å².